The lowest BCUT2D eigenvalue weighted by molar-refractivity contribution is 0.229. The van der Waals surface area contributed by atoms with Crippen LogP contribution >= 0.6 is 15.6 Å². The van der Waals surface area contributed by atoms with Crippen molar-refractivity contribution in [3.63, 3.8) is 0 Å². The smallest absolute Gasteiger partial charge is 0.404 e. The van der Waals surface area contributed by atoms with Crippen molar-refractivity contribution < 1.29 is 32.3 Å². The number of phosphoric acid groups is 2. The van der Waals surface area contributed by atoms with E-state index in [0.29, 0.717) is 0 Å². The number of hydrogen-bond donors (Lipinski definition) is 2. The molecule has 0 aliphatic carbocycles. The van der Waals surface area contributed by atoms with Gasteiger partial charge in [0, 0.05) is 6.07 Å². The fraction of sp³-hybridized carbons (Fsp3) is 0. The molecule has 0 spiro atoms. The highest BCUT2D eigenvalue weighted by molar-refractivity contribution is 7.61. The van der Waals surface area contributed by atoms with E-state index in [1.54, 1.807) is 0 Å². The molecule has 2 unspecified atom stereocenters. The molecule has 82 valence electrons. The zero-order valence-corrected chi connectivity index (χ0v) is 8.93. The van der Waals surface area contributed by atoms with Crippen LogP contribution in [-0.4, -0.2) is 9.79 Å². The lowest BCUT2D eigenvalue weighted by Crippen LogP contribution is -2.03. The lowest BCUT2D eigenvalue weighted by Gasteiger charge is -2.20. The molecule has 1 aliphatic rings. The maximum Gasteiger partial charge on any atom is 0.537 e. The lowest BCUT2D eigenvalue weighted by atomic mass is 10.3. The molecule has 1 heterocycles. The van der Waals surface area contributed by atoms with Crippen molar-refractivity contribution in [1.82, 2.24) is 0 Å². The van der Waals surface area contributed by atoms with Crippen LogP contribution in [0.2, 0.25) is 0 Å². The van der Waals surface area contributed by atoms with Crippen molar-refractivity contribution >= 4 is 15.6 Å². The van der Waals surface area contributed by atoms with Crippen LogP contribution in [0.4, 0.5) is 0 Å². The highest BCUT2D eigenvalue weighted by Crippen LogP contribution is 2.61. The zero-order chi connectivity index (χ0) is 11.1. The first-order valence-electron chi connectivity index (χ1n) is 3.73. The topological polar surface area (TPSA) is 102 Å². The second kappa shape index (κ2) is 3.33. The summed E-state index contributed by atoms with van der Waals surface area (Å²) in [6, 6.07) is 5.41. The number of hydrogen-bond acceptors (Lipinski definition) is 5. The van der Waals surface area contributed by atoms with E-state index < -0.39 is 15.6 Å². The highest BCUT2D eigenvalue weighted by atomic mass is 31.3. The summed E-state index contributed by atoms with van der Waals surface area (Å²) in [6.45, 7) is 0. The average Bonchev–Trinajstić information content (AvgIpc) is 1.97. The second-order valence-corrected chi connectivity index (χ2v) is 5.57. The number of phosphoric ester groups is 2. The summed E-state index contributed by atoms with van der Waals surface area (Å²) in [7, 11) is -9.26. The predicted octanol–water partition coefficient (Wildman–Crippen LogP) is 1.68. The van der Waals surface area contributed by atoms with Gasteiger partial charge in [-0.3, -0.25) is 9.79 Å². The Morgan fingerprint density at radius 3 is 1.93 bits per heavy atom. The van der Waals surface area contributed by atoms with Crippen LogP contribution in [-0.2, 0) is 13.4 Å². The van der Waals surface area contributed by atoms with Crippen molar-refractivity contribution in [2.45, 2.75) is 0 Å². The molecule has 2 atom stereocenters. The SMILES string of the molecule is O=P1(O)Oc2cccc(c2)OP(=O)(O)O1. The number of benzene rings is 1. The van der Waals surface area contributed by atoms with Crippen molar-refractivity contribution in [2.75, 3.05) is 0 Å². The van der Waals surface area contributed by atoms with Crippen LogP contribution in [0.25, 0.3) is 0 Å². The molecule has 2 N–H and O–H groups in total. The van der Waals surface area contributed by atoms with E-state index in [9.17, 15) is 9.13 Å². The maximum atomic E-state index is 11.1. The Morgan fingerprint density at radius 2 is 1.47 bits per heavy atom. The summed E-state index contributed by atoms with van der Waals surface area (Å²) in [5.41, 5.74) is 0. The number of fused-ring (bicyclic) bond motifs is 2. The Kier molecular flexibility index (Phi) is 2.37. The van der Waals surface area contributed by atoms with E-state index in [1.165, 1.54) is 24.3 Å². The van der Waals surface area contributed by atoms with Gasteiger partial charge in [0.05, 0.1) is 0 Å². The fourth-order valence-corrected chi connectivity index (χ4v) is 3.09. The largest absolute Gasteiger partial charge is 0.537 e. The third kappa shape index (κ3) is 2.59. The van der Waals surface area contributed by atoms with E-state index in [2.05, 4.69) is 13.4 Å². The van der Waals surface area contributed by atoms with Crippen LogP contribution in [0.5, 0.6) is 11.5 Å². The van der Waals surface area contributed by atoms with Gasteiger partial charge >= 0.3 is 15.6 Å². The van der Waals surface area contributed by atoms with Gasteiger partial charge in [-0.15, -0.1) is 0 Å². The van der Waals surface area contributed by atoms with Crippen molar-refractivity contribution in [3.8, 4) is 11.5 Å². The second-order valence-electron chi connectivity index (χ2n) is 2.68. The molecule has 1 aliphatic heterocycles. The Bertz CT molecular complexity index is 445. The van der Waals surface area contributed by atoms with Crippen LogP contribution in [0, 0.1) is 0 Å². The van der Waals surface area contributed by atoms with Gasteiger partial charge < -0.3 is 9.05 Å². The molecular weight excluding hydrogens is 246 g/mol. The third-order valence-corrected chi connectivity index (χ3v) is 3.99. The van der Waals surface area contributed by atoms with Gasteiger partial charge in [0.25, 0.3) is 0 Å². The molecule has 0 fully saturated rings. The van der Waals surface area contributed by atoms with Crippen molar-refractivity contribution in [2.24, 2.45) is 0 Å². The van der Waals surface area contributed by atoms with Crippen molar-refractivity contribution in [1.29, 1.82) is 0 Å². The molecule has 0 saturated carbocycles. The molecule has 15 heavy (non-hydrogen) atoms. The van der Waals surface area contributed by atoms with Gasteiger partial charge in [0.1, 0.15) is 11.5 Å². The third-order valence-electron chi connectivity index (χ3n) is 1.45. The van der Waals surface area contributed by atoms with Gasteiger partial charge in [-0.1, -0.05) is 6.07 Å². The van der Waals surface area contributed by atoms with Crippen LogP contribution < -0.4 is 9.05 Å². The molecular formula is C6H6O7P2. The normalized spacial score (nSPS) is 34.5. The Balaban J connectivity index is 2.51. The summed E-state index contributed by atoms with van der Waals surface area (Å²) in [5, 5.41) is 0. The summed E-state index contributed by atoms with van der Waals surface area (Å²) in [5.74, 6) is 0.0241. The molecule has 2 rings (SSSR count). The monoisotopic (exact) mass is 252 g/mol. The van der Waals surface area contributed by atoms with Crippen LogP contribution in [0.1, 0.15) is 0 Å². The molecule has 1 aromatic rings. The van der Waals surface area contributed by atoms with E-state index in [0.717, 1.165) is 0 Å². The fourth-order valence-electron chi connectivity index (χ4n) is 1.02. The molecule has 0 amide bonds. The maximum absolute atomic E-state index is 11.1. The first-order chi connectivity index (χ1) is 6.86. The zero-order valence-electron chi connectivity index (χ0n) is 7.14. The van der Waals surface area contributed by atoms with E-state index in [-0.39, 0.29) is 11.5 Å². The minimum Gasteiger partial charge on any atom is -0.404 e. The minimum absolute atomic E-state index is 0.0121. The van der Waals surface area contributed by atoms with E-state index in [1.807, 2.05) is 0 Å². The van der Waals surface area contributed by atoms with Gasteiger partial charge in [-0.2, -0.15) is 4.31 Å². The molecule has 0 radical (unpaired) electrons. The molecule has 0 aromatic heterocycles. The Hall–Kier alpha value is -0.840. The van der Waals surface area contributed by atoms with Gasteiger partial charge in [-0.25, -0.2) is 9.13 Å². The molecule has 2 bridgehead atoms. The minimum atomic E-state index is -4.63. The summed E-state index contributed by atoms with van der Waals surface area (Å²) >= 11 is 0. The van der Waals surface area contributed by atoms with E-state index >= 15 is 0 Å². The van der Waals surface area contributed by atoms with E-state index in [4.69, 9.17) is 9.79 Å². The molecule has 1 aromatic carbocycles. The Morgan fingerprint density at radius 1 is 1.00 bits per heavy atom. The Labute approximate surface area is 84.5 Å². The number of rotatable bonds is 0. The molecule has 7 nitrogen and oxygen atoms in total. The summed E-state index contributed by atoms with van der Waals surface area (Å²) in [4.78, 5) is 18.1. The quantitative estimate of drug-likeness (QED) is 0.677. The van der Waals surface area contributed by atoms with Crippen molar-refractivity contribution in [3.05, 3.63) is 24.3 Å². The van der Waals surface area contributed by atoms with Gasteiger partial charge in [0.2, 0.25) is 0 Å². The van der Waals surface area contributed by atoms with Crippen LogP contribution in [0.15, 0.2) is 24.3 Å². The summed E-state index contributed by atoms with van der Waals surface area (Å²) in [6.07, 6.45) is 0. The van der Waals surface area contributed by atoms with Gasteiger partial charge in [-0.05, 0) is 12.1 Å². The molecule has 9 heteroatoms. The standard InChI is InChI=1S/C6H6O7P2/c7-14(8)11-5-2-1-3-6(4-5)12-15(9,10)13-14/h1-4H,(H,7,8)(H,9,10). The molecule has 0 saturated heterocycles. The highest BCUT2D eigenvalue weighted by Gasteiger charge is 2.39. The first kappa shape index (κ1) is 10.7. The van der Waals surface area contributed by atoms with Gasteiger partial charge in [0.15, 0.2) is 0 Å². The average molecular weight is 252 g/mol. The first-order valence-corrected chi connectivity index (χ1v) is 6.72. The predicted molar refractivity (Wildman–Crippen MR) is 48.4 cm³/mol. The van der Waals surface area contributed by atoms with Crippen LogP contribution in [0.3, 0.4) is 0 Å². The summed E-state index contributed by atoms with van der Waals surface area (Å²) < 4.78 is 35.2.